The van der Waals surface area contributed by atoms with Gasteiger partial charge >= 0.3 is 0 Å². The van der Waals surface area contributed by atoms with Crippen LogP contribution in [0.3, 0.4) is 0 Å². The van der Waals surface area contributed by atoms with Crippen LogP contribution in [0.4, 0.5) is 0 Å². The summed E-state index contributed by atoms with van der Waals surface area (Å²) in [4.78, 5) is 12.8. The summed E-state index contributed by atoms with van der Waals surface area (Å²) in [7, 11) is 0. The van der Waals surface area contributed by atoms with Crippen molar-refractivity contribution < 1.29 is 5.11 Å². The molecule has 30 heavy (non-hydrogen) atoms. The van der Waals surface area contributed by atoms with E-state index >= 15 is 0 Å². The lowest BCUT2D eigenvalue weighted by atomic mass is 9.97. The molecular formula is C23H27ClN4OS. The molecule has 1 saturated heterocycles. The highest BCUT2D eigenvalue weighted by molar-refractivity contribution is 7.16. The van der Waals surface area contributed by atoms with E-state index in [0.29, 0.717) is 11.8 Å². The predicted molar refractivity (Wildman–Crippen MR) is 123 cm³/mol. The van der Waals surface area contributed by atoms with Gasteiger partial charge in [-0.2, -0.15) is 0 Å². The number of halogens is 1. The molecule has 158 valence electrons. The van der Waals surface area contributed by atoms with Gasteiger partial charge in [-0.25, -0.2) is 9.97 Å². The SMILES string of the molecule is Cc1nc(C2CC2c2ccc(C(C(C)O)N3CCNCC3)cc2Cl)c2ccsc2n1. The number of hydrogen-bond acceptors (Lipinski definition) is 6. The van der Waals surface area contributed by atoms with Crippen LogP contribution in [0.5, 0.6) is 0 Å². The first-order chi connectivity index (χ1) is 14.5. The third-order valence-corrected chi connectivity index (χ3v) is 7.51. The molecule has 0 spiro atoms. The number of rotatable bonds is 5. The maximum absolute atomic E-state index is 10.5. The van der Waals surface area contributed by atoms with E-state index in [-0.39, 0.29) is 6.04 Å². The van der Waals surface area contributed by atoms with Crippen molar-refractivity contribution in [3.63, 3.8) is 0 Å². The molecule has 3 aromatic rings. The van der Waals surface area contributed by atoms with E-state index in [4.69, 9.17) is 16.6 Å². The van der Waals surface area contributed by atoms with Crippen LogP contribution in [-0.2, 0) is 0 Å². The molecule has 1 aromatic carbocycles. The Balaban J connectivity index is 1.41. The fourth-order valence-corrected chi connectivity index (χ4v) is 6.04. The van der Waals surface area contributed by atoms with Gasteiger partial charge in [-0.15, -0.1) is 11.3 Å². The van der Waals surface area contributed by atoms with E-state index in [0.717, 1.165) is 59.5 Å². The van der Waals surface area contributed by atoms with Crippen molar-refractivity contribution in [2.45, 2.75) is 44.2 Å². The molecular weight excluding hydrogens is 416 g/mol. The second-order valence-electron chi connectivity index (χ2n) is 8.50. The number of aliphatic hydroxyl groups excluding tert-OH is 1. The average molecular weight is 443 g/mol. The van der Waals surface area contributed by atoms with Crippen molar-refractivity contribution in [3.8, 4) is 0 Å². The zero-order valence-electron chi connectivity index (χ0n) is 17.3. The first-order valence-corrected chi connectivity index (χ1v) is 11.9. The van der Waals surface area contributed by atoms with E-state index < -0.39 is 6.10 Å². The quantitative estimate of drug-likeness (QED) is 0.618. The van der Waals surface area contributed by atoms with Gasteiger partial charge in [0.1, 0.15) is 10.7 Å². The van der Waals surface area contributed by atoms with E-state index in [1.807, 2.05) is 13.8 Å². The number of piperazine rings is 1. The smallest absolute Gasteiger partial charge is 0.127 e. The largest absolute Gasteiger partial charge is 0.391 e. The fraction of sp³-hybridized carbons (Fsp3) is 0.478. The van der Waals surface area contributed by atoms with Crippen LogP contribution >= 0.6 is 22.9 Å². The van der Waals surface area contributed by atoms with Crippen molar-refractivity contribution in [2.24, 2.45) is 0 Å². The van der Waals surface area contributed by atoms with E-state index in [1.165, 1.54) is 10.9 Å². The zero-order chi connectivity index (χ0) is 20.8. The van der Waals surface area contributed by atoms with Crippen molar-refractivity contribution in [2.75, 3.05) is 26.2 Å². The van der Waals surface area contributed by atoms with Gasteiger partial charge in [0, 0.05) is 42.5 Å². The number of hydrogen-bond donors (Lipinski definition) is 2. The Hall–Kier alpha value is -1.57. The molecule has 5 rings (SSSR count). The number of aryl methyl sites for hydroxylation is 1. The first-order valence-electron chi connectivity index (χ1n) is 10.7. The van der Waals surface area contributed by atoms with Gasteiger partial charge in [-0.05, 0) is 54.8 Å². The lowest BCUT2D eigenvalue weighted by Gasteiger charge is -2.37. The van der Waals surface area contributed by atoms with Gasteiger partial charge in [0.2, 0.25) is 0 Å². The Bertz CT molecular complexity index is 1060. The van der Waals surface area contributed by atoms with Crippen LogP contribution in [0, 0.1) is 6.92 Å². The van der Waals surface area contributed by atoms with E-state index in [9.17, 15) is 5.11 Å². The Morgan fingerprint density at radius 1 is 1.20 bits per heavy atom. The molecule has 0 bridgehead atoms. The molecule has 2 N–H and O–H groups in total. The minimum Gasteiger partial charge on any atom is -0.391 e. The van der Waals surface area contributed by atoms with Crippen molar-refractivity contribution in [1.82, 2.24) is 20.2 Å². The number of aromatic nitrogens is 2. The molecule has 5 nitrogen and oxygen atoms in total. The van der Waals surface area contributed by atoms with Crippen LogP contribution < -0.4 is 5.32 Å². The molecule has 0 radical (unpaired) electrons. The second-order valence-corrected chi connectivity index (χ2v) is 9.80. The van der Waals surface area contributed by atoms with Crippen LogP contribution in [0.1, 0.15) is 53.9 Å². The molecule has 7 heteroatoms. The lowest BCUT2D eigenvalue weighted by Crippen LogP contribution is -2.47. The first kappa shape index (κ1) is 20.3. The van der Waals surface area contributed by atoms with Gasteiger partial charge in [0.15, 0.2) is 0 Å². The molecule has 3 heterocycles. The number of nitrogens with one attached hydrogen (secondary N) is 1. The van der Waals surface area contributed by atoms with Gasteiger partial charge in [-0.3, -0.25) is 4.90 Å². The van der Waals surface area contributed by atoms with Gasteiger partial charge < -0.3 is 10.4 Å². The van der Waals surface area contributed by atoms with Crippen molar-refractivity contribution >= 4 is 33.2 Å². The van der Waals surface area contributed by atoms with Crippen molar-refractivity contribution in [1.29, 1.82) is 0 Å². The maximum Gasteiger partial charge on any atom is 0.127 e. The minimum atomic E-state index is -0.449. The van der Waals surface area contributed by atoms with Gasteiger partial charge in [-0.1, -0.05) is 23.7 Å². The topological polar surface area (TPSA) is 61.3 Å². The summed E-state index contributed by atoms with van der Waals surface area (Å²) in [6.45, 7) is 7.61. The number of thiophene rings is 1. The zero-order valence-corrected chi connectivity index (χ0v) is 18.9. The number of aliphatic hydroxyl groups is 1. The number of fused-ring (bicyclic) bond motifs is 1. The maximum atomic E-state index is 10.5. The lowest BCUT2D eigenvalue weighted by molar-refractivity contribution is 0.0525. The Labute approximate surface area is 186 Å². The molecule has 0 amide bonds. The average Bonchev–Trinajstić information content (AvgIpc) is 3.36. The normalized spacial score (nSPS) is 24.1. The molecule has 4 atom stereocenters. The summed E-state index contributed by atoms with van der Waals surface area (Å²) in [6.07, 6.45) is 0.618. The highest BCUT2D eigenvalue weighted by atomic mass is 35.5. The minimum absolute atomic E-state index is 0.0244. The standard InChI is InChI=1S/C23H27ClN4OS/c1-13(29)22(28-8-6-25-7-9-28)15-3-4-16(20(24)11-15)18-12-19(18)21-17-5-10-30-23(17)27-14(2)26-21/h3-5,10-11,13,18-19,22,25,29H,6-9,12H2,1-2H3. The summed E-state index contributed by atoms with van der Waals surface area (Å²) in [6, 6.07) is 8.50. The summed E-state index contributed by atoms with van der Waals surface area (Å²) < 4.78 is 0. The molecule has 1 aliphatic heterocycles. The third kappa shape index (κ3) is 3.76. The van der Waals surface area contributed by atoms with Crippen LogP contribution in [0.15, 0.2) is 29.6 Å². The Morgan fingerprint density at radius 3 is 2.73 bits per heavy atom. The van der Waals surface area contributed by atoms with Crippen molar-refractivity contribution in [3.05, 3.63) is 57.3 Å². The molecule has 2 aromatic heterocycles. The molecule has 1 saturated carbocycles. The van der Waals surface area contributed by atoms with Gasteiger partial charge in [0.25, 0.3) is 0 Å². The highest BCUT2D eigenvalue weighted by Crippen LogP contribution is 2.57. The fourth-order valence-electron chi connectivity index (χ4n) is 4.90. The summed E-state index contributed by atoms with van der Waals surface area (Å²) >= 11 is 8.46. The summed E-state index contributed by atoms with van der Waals surface area (Å²) in [5.41, 5.74) is 3.44. The Kier molecular flexibility index (Phi) is 5.54. The summed E-state index contributed by atoms with van der Waals surface area (Å²) in [5, 5.41) is 17.9. The Morgan fingerprint density at radius 2 is 2.00 bits per heavy atom. The van der Waals surface area contributed by atoms with Gasteiger partial charge in [0.05, 0.1) is 17.8 Å². The van der Waals surface area contributed by atoms with Crippen LogP contribution in [-0.4, -0.2) is 52.3 Å². The highest BCUT2D eigenvalue weighted by Gasteiger charge is 2.43. The molecule has 1 aliphatic carbocycles. The monoisotopic (exact) mass is 442 g/mol. The second kappa shape index (κ2) is 8.17. The number of nitrogens with zero attached hydrogens (tertiary/aromatic N) is 3. The predicted octanol–water partition coefficient (Wildman–Crippen LogP) is 4.25. The molecule has 2 fully saturated rings. The van der Waals surface area contributed by atoms with Crippen LogP contribution in [0.25, 0.3) is 10.2 Å². The number of benzene rings is 1. The van der Waals surface area contributed by atoms with Crippen LogP contribution in [0.2, 0.25) is 5.02 Å². The summed E-state index contributed by atoms with van der Waals surface area (Å²) in [5.74, 6) is 1.63. The van der Waals surface area contributed by atoms with E-state index in [1.54, 1.807) is 11.3 Å². The van der Waals surface area contributed by atoms with E-state index in [2.05, 4.69) is 44.8 Å². The molecule has 2 aliphatic rings. The molecule has 4 unspecified atom stereocenters. The third-order valence-electron chi connectivity index (χ3n) is 6.38.